The van der Waals surface area contributed by atoms with Gasteiger partial charge in [-0.05, 0) is 24.6 Å². The number of carbonyl (C=O) groups is 1. The van der Waals surface area contributed by atoms with E-state index in [1.807, 2.05) is 6.92 Å². The molecule has 2 N–H and O–H groups in total. The molecule has 0 radical (unpaired) electrons. The van der Waals surface area contributed by atoms with E-state index in [0.29, 0.717) is 12.5 Å². The number of nitrogens with one attached hydrogen (secondary N) is 2. The molecule has 0 amide bonds. The summed E-state index contributed by atoms with van der Waals surface area (Å²) in [6, 6.07) is 2.83. The summed E-state index contributed by atoms with van der Waals surface area (Å²) < 4.78 is 67.1. The number of aromatic amines is 1. The van der Waals surface area contributed by atoms with Gasteiger partial charge < -0.3 is 4.98 Å². The zero-order valence-corrected chi connectivity index (χ0v) is 19.1. The Morgan fingerprint density at radius 2 is 1.91 bits per heavy atom. The van der Waals surface area contributed by atoms with Gasteiger partial charge in [-0.3, -0.25) is 14.3 Å². The van der Waals surface area contributed by atoms with Gasteiger partial charge in [-0.15, -0.1) is 0 Å². The summed E-state index contributed by atoms with van der Waals surface area (Å²) in [7, 11) is -3.01. The van der Waals surface area contributed by atoms with Crippen molar-refractivity contribution in [1.29, 1.82) is 0 Å². The number of carbonyl (C=O) groups excluding carboxylic acids is 1. The predicted molar refractivity (Wildman–Crippen MR) is 118 cm³/mol. The van der Waals surface area contributed by atoms with Gasteiger partial charge in [-0.2, -0.15) is 22.9 Å². The molecule has 0 aliphatic carbocycles. The fourth-order valence-electron chi connectivity index (χ4n) is 3.46. The Morgan fingerprint density at radius 3 is 2.50 bits per heavy atom. The highest BCUT2D eigenvalue weighted by Gasteiger charge is 2.35. The van der Waals surface area contributed by atoms with Gasteiger partial charge in [0.1, 0.15) is 11.5 Å². The van der Waals surface area contributed by atoms with Crippen LogP contribution < -0.4 is 16.1 Å². The van der Waals surface area contributed by atoms with Gasteiger partial charge in [0, 0.05) is 25.2 Å². The van der Waals surface area contributed by atoms with Crippen LogP contribution in [0.4, 0.5) is 13.2 Å². The van der Waals surface area contributed by atoms with E-state index < -0.39 is 50.1 Å². The first-order valence-electron chi connectivity index (χ1n) is 10.2. The number of rotatable bonds is 9. The van der Waals surface area contributed by atoms with Crippen molar-refractivity contribution in [2.24, 2.45) is 7.05 Å². The number of sulfonamides is 1. The Balaban J connectivity index is 2.09. The number of ketones is 1. The summed E-state index contributed by atoms with van der Waals surface area (Å²) in [6.45, 7) is 1.92. The zero-order chi connectivity index (χ0) is 25.3. The molecule has 2 aromatic heterocycles. The number of aryl methyl sites for hydroxylation is 1. The fourth-order valence-corrected chi connectivity index (χ4v) is 4.54. The van der Waals surface area contributed by atoms with Crippen molar-refractivity contribution in [2.75, 3.05) is 10.6 Å². The van der Waals surface area contributed by atoms with Gasteiger partial charge in [0.2, 0.25) is 0 Å². The molecular formula is C20H22F3N5O5S. The third-order valence-electron chi connectivity index (χ3n) is 5.08. The Morgan fingerprint density at radius 1 is 1.21 bits per heavy atom. The van der Waals surface area contributed by atoms with Gasteiger partial charge in [-0.25, -0.2) is 18.0 Å². The zero-order valence-electron chi connectivity index (χ0n) is 18.3. The smallest absolute Gasteiger partial charge is 0.305 e. The van der Waals surface area contributed by atoms with E-state index in [1.165, 1.54) is 24.0 Å². The van der Waals surface area contributed by atoms with E-state index in [9.17, 15) is 36.0 Å². The number of unbranched alkanes of at least 4 members (excludes halogenated alkanes) is 2. The molecule has 2 heterocycles. The minimum Gasteiger partial charge on any atom is -0.305 e. The number of hydrogen-bond donors (Lipinski definition) is 2. The van der Waals surface area contributed by atoms with Gasteiger partial charge in [0.05, 0.1) is 22.2 Å². The second-order valence-corrected chi connectivity index (χ2v) is 9.40. The number of H-pyrrole nitrogens is 1. The number of aromatic nitrogens is 4. The number of hydrogen-bond acceptors (Lipinski definition) is 6. The topological polar surface area (TPSA) is 136 Å². The van der Waals surface area contributed by atoms with Crippen LogP contribution in [0.15, 0.2) is 34.0 Å². The van der Waals surface area contributed by atoms with Gasteiger partial charge in [0.15, 0.2) is 0 Å². The molecular weight excluding hydrogens is 479 g/mol. The van der Waals surface area contributed by atoms with Crippen molar-refractivity contribution in [2.45, 2.75) is 38.8 Å². The van der Waals surface area contributed by atoms with Crippen LogP contribution in [0.1, 0.15) is 38.2 Å². The predicted octanol–water partition coefficient (Wildman–Crippen LogP) is 2.13. The van der Waals surface area contributed by atoms with Crippen molar-refractivity contribution in [3.63, 3.8) is 0 Å². The molecule has 34 heavy (non-hydrogen) atoms. The molecule has 0 aliphatic rings. The number of fused-ring (bicyclic) bond motifs is 1. The van der Waals surface area contributed by atoms with E-state index in [4.69, 9.17) is 0 Å². The summed E-state index contributed by atoms with van der Waals surface area (Å²) >= 11 is 0. The standard InChI is InChI=1S/C20H22F3N5O5S/c1-3-4-5-6-12(29)11-34(32,33)26-28-18(30)14-9-13(17-7-8-24-27(17)2)15(20(21,22)23)10-16(14)25-19(28)31/h7-10,26H,3-6,11H2,1-2H3,(H,25,31). The molecule has 0 atom stereocenters. The van der Waals surface area contributed by atoms with Crippen LogP contribution in [-0.4, -0.2) is 39.4 Å². The summed E-state index contributed by atoms with van der Waals surface area (Å²) in [5.74, 6) is -1.55. The molecule has 3 rings (SSSR count). The van der Waals surface area contributed by atoms with Crippen LogP contribution in [0.2, 0.25) is 0 Å². The lowest BCUT2D eigenvalue weighted by molar-refractivity contribution is -0.137. The van der Waals surface area contributed by atoms with Crippen molar-refractivity contribution >= 4 is 26.7 Å². The minimum atomic E-state index is -4.82. The number of nitrogens with zero attached hydrogens (tertiary/aromatic N) is 3. The van der Waals surface area contributed by atoms with Gasteiger partial charge in [0.25, 0.3) is 15.6 Å². The molecule has 0 spiro atoms. The average Bonchev–Trinajstić information content (AvgIpc) is 3.15. The van der Waals surface area contributed by atoms with Crippen LogP contribution in [-0.2, 0) is 28.0 Å². The third kappa shape index (κ3) is 5.38. The summed E-state index contributed by atoms with van der Waals surface area (Å²) in [5.41, 5.74) is -4.39. The lowest BCUT2D eigenvalue weighted by atomic mass is 10.0. The van der Waals surface area contributed by atoms with E-state index >= 15 is 0 Å². The molecule has 1 aromatic carbocycles. The van der Waals surface area contributed by atoms with E-state index in [1.54, 1.807) is 4.83 Å². The number of benzene rings is 1. The van der Waals surface area contributed by atoms with Crippen molar-refractivity contribution in [3.8, 4) is 11.3 Å². The molecule has 0 unspecified atom stereocenters. The van der Waals surface area contributed by atoms with Crippen LogP contribution in [0.25, 0.3) is 22.2 Å². The molecule has 0 bridgehead atoms. The number of alkyl halides is 3. The van der Waals surface area contributed by atoms with E-state index in [2.05, 4.69) is 10.1 Å². The molecule has 0 saturated carbocycles. The largest absolute Gasteiger partial charge is 0.417 e. The molecule has 10 nitrogen and oxygen atoms in total. The van der Waals surface area contributed by atoms with Crippen LogP contribution in [0.5, 0.6) is 0 Å². The normalized spacial score (nSPS) is 12.3. The molecule has 3 aromatic rings. The molecule has 0 fully saturated rings. The minimum absolute atomic E-state index is 0.0198. The Kier molecular flexibility index (Phi) is 7.00. The molecule has 14 heteroatoms. The maximum atomic E-state index is 13.7. The average molecular weight is 501 g/mol. The molecule has 184 valence electrons. The lowest BCUT2D eigenvalue weighted by Gasteiger charge is -2.15. The number of halogens is 3. The molecule has 0 aliphatic heterocycles. The second kappa shape index (κ2) is 9.44. The quantitative estimate of drug-likeness (QED) is 0.431. The monoisotopic (exact) mass is 501 g/mol. The van der Waals surface area contributed by atoms with Crippen LogP contribution >= 0.6 is 0 Å². The Labute approximate surface area is 191 Å². The van der Waals surface area contributed by atoms with Crippen LogP contribution in [0.3, 0.4) is 0 Å². The Hall–Kier alpha value is -3.42. The first-order valence-corrected chi connectivity index (χ1v) is 11.9. The maximum Gasteiger partial charge on any atom is 0.417 e. The summed E-state index contributed by atoms with van der Waals surface area (Å²) in [4.78, 5) is 41.1. The lowest BCUT2D eigenvalue weighted by Crippen LogP contribution is -2.45. The molecule has 0 saturated heterocycles. The maximum absolute atomic E-state index is 13.7. The Bertz CT molecular complexity index is 1450. The van der Waals surface area contributed by atoms with E-state index in [0.717, 1.165) is 18.9 Å². The van der Waals surface area contributed by atoms with Crippen molar-refractivity contribution < 1.29 is 26.4 Å². The van der Waals surface area contributed by atoms with E-state index in [-0.39, 0.29) is 27.7 Å². The van der Waals surface area contributed by atoms with Crippen LogP contribution in [0, 0.1) is 0 Å². The van der Waals surface area contributed by atoms with Gasteiger partial charge in [-0.1, -0.05) is 19.8 Å². The first kappa shape index (κ1) is 25.2. The van der Waals surface area contributed by atoms with Crippen molar-refractivity contribution in [3.05, 3.63) is 50.8 Å². The van der Waals surface area contributed by atoms with Gasteiger partial charge >= 0.3 is 11.9 Å². The highest BCUT2D eigenvalue weighted by atomic mass is 32.2. The summed E-state index contributed by atoms with van der Waals surface area (Å²) in [5, 5.41) is 3.46. The highest BCUT2D eigenvalue weighted by Crippen LogP contribution is 2.38. The van der Waals surface area contributed by atoms with Crippen molar-refractivity contribution in [1.82, 2.24) is 19.4 Å². The first-order chi connectivity index (χ1) is 15.8. The summed E-state index contributed by atoms with van der Waals surface area (Å²) in [6.07, 6.45) is -1.46. The number of Topliss-reactive ketones (excluding diaryl/α,β-unsaturated/α-hetero) is 1. The highest BCUT2D eigenvalue weighted by molar-refractivity contribution is 7.93. The third-order valence-corrected chi connectivity index (χ3v) is 6.24. The fraction of sp³-hybridized carbons (Fsp3) is 0.400. The SMILES string of the molecule is CCCCCC(=O)CS(=O)(=O)Nn1c(=O)[nH]c2cc(C(F)(F)F)c(-c3ccnn3C)cc2c1=O. The second-order valence-electron chi connectivity index (χ2n) is 7.70.